The molecule has 0 N–H and O–H groups in total. The molecular weight excluding hydrogens is 324 g/mol. The maximum absolute atomic E-state index is 12.8. The molecule has 2 rings (SSSR count). The third kappa shape index (κ3) is 4.13. The zero-order chi connectivity index (χ0) is 17.7. The molecule has 1 aliphatic heterocycles. The first kappa shape index (κ1) is 18.4. The predicted octanol–water partition coefficient (Wildman–Crippen LogP) is 2.27. The number of carbonyl (C=O) groups is 1. The van der Waals surface area contributed by atoms with Crippen LogP contribution < -0.4 is 0 Å². The van der Waals surface area contributed by atoms with Gasteiger partial charge in [-0.2, -0.15) is 4.31 Å². The summed E-state index contributed by atoms with van der Waals surface area (Å²) in [4.78, 5) is 14.1. The molecule has 0 unspecified atom stereocenters. The lowest BCUT2D eigenvalue weighted by atomic mass is 10.2. The molecule has 0 atom stereocenters. The van der Waals surface area contributed by atoms with Crippen LogP contribution in [0.4, 0.5) is 0 Å². The van der Waals surface area contributed by atoms with E-state index in [1.807, 2.05) is 32.1 Å². The van der Waals surface area contributed by atoms with E-state index in [1.165, 1.54) is 10.4 Å². The van der Waals surface area contributed by atoms with Crippen molar-refractivity contribution in [3.8, 4) is 0 Å². The number of hydrogen-bond acceptors (Lipinski definition) is 3. The number of sulfonamides is 1. The molecule has 1 aromatic carbocycles. The number of carbonyl (C=O) groups excluding carboxylic acids is 1. The van der Waals surface area contributed by atoms with Crippen molar-refractivity contribution < 1.29 is 13.2 Å². The summed E-state index contributed by atoms with van der Waals surface area (Å²) >= 11 is 0. The van der Waals surface area contributed by atoms with Gasteiger partial charge in [0.2, 0.25) is 15.9 Å². The summed E-state index contributed by atoms with van der Waals surface area (Å²) in [6.07, 6.45) is 6.84. The lowest BCUT2D eigenvalue weighted by Gasteiger charge is -2.33. The van der Waals surface area contributed by atoms with Gasteiger partial charge in [0.15, 0.2) is 0 Å². The van der Waals surface area contributed by atoms with Crippen LogP contribution in [0.5, 0.6) is 0 Å². The minimum atomic E-state index is -3.52. The van der Waals surface area contributed by atoms with Crippen molar-refractivity contribution in [3.05, 3.63) is 53.6 Å². The highest BCUT2D eigenvalue weighted by atomic mass is 32.2. The van der Waals surface area contributed by atoms with E-state index in [-0.39, 0.29) is 5.91 Å². The van der Waals surface area contributed by atoms with E-state index >= 15 is 0 Å². The summed E-state index contributed by atoms with van der Waals surface area (Å²) in [5.41, 5.74) is 1.66. The molecule has 1 amide bonds. The van der Waals surface area contributed by atoms with Crippen molar-refractivity contribution in [2.75, 3.05) is 26.2 Å². The molecule has 5 nitrogen and oxygen atoms in total. The fraction of sp³-hybridized carbons (Fsp3) is 0.389. The van der Waals surface area contributed by atoms with Crippen molar-refractivity contribution in [2.24, 2.45) is 0 Å². The summed E-state index contributed by atoms with van der Waals surface area (Å²) in [5.74, 6) is -0.0862. The number of nitrogens with zero attached hydrogens (tertiary/aromatic N) is 2. The summed E-state index contributed by atoms with van der Waals surface area (Å²) < 4.78 is 27.2. The third-order valence-corrected chi connectivity index (χ3v) is 6.09. The molecule has 1 saturated heterocycles. The van der Waals surface area contributed by atoms with E-state index in [9.17, 15) is 13.2 Å². The Bertz CT molecular complexity index is 758. The number of rotatable bonds is 4. The second-order valence-electron chi connectivity index (χ2n) is 5.88. The average molecular weight is 348 g/mol. The van der Waals surface area contributed by atoms with Gasteiger partial charge in [0.25, 0.3) is 0 Å². The molecular formula is C18H24N2O3S. The number of aryl methyl sites for hydroxylation is 2. The normalized spacial score (nSPS) is 17.0. The highest BCUT2D eigenvalue weighted by Crippen LogP contribution is 2.22. The van der Waals surface area contributed by atoms with Crippen LogP contribution >= 0.6 is 0 Å². The fourth-order valence-electron chi connectivity index (χ4n) is 2.63. The smallest absolute Gasteiger partial charge is 0.246 e. The summed E-state index contributed by atoms with van der Waals surface area (Å²) in [6.45, 7) is 7.01. The Morgan fingerprint density at radius 1 is 1.08 bits per heavy atom. The van der Waals surface area contributed by atoms with Crippen LogP contribution in [0.3, 0.4) is 0 Å². The lowest BCUT2D eigenvalue weighted by molar-refractivity contribution is -0.127. The third-order valence-electron chi connectivity index (χ3n) is 4.05. The molecule has 0 aromatic heterocycles. The zero-order valence-electron chi connectivity index (χ0n) is 14.4. The second kappa shape index (κ2) is 7.77. The number of allylic oxidation sites excluding steroid dienone is 3. The standard InChI is InChI=1S/C18H24N2O3S/c1-4-5-6-7-18(21)19-10-12-20(13-11-19)24(22,23)17-14-15(2)8-9-16(17)3/h4-9,14H,10-13H2,1-3H3/b5-4+,7-6+. The van der Waals surface area contributed by atoms with Gasteiger partial charge < -0.3 is 4.90 Å². The van der Waals surface area contributed by atoms with E-state index in [0.717, 1.165) is 11.1 Å². The van der Waals surface area contributed by atoms with Gasteiger partial charge >= 0.3 is 0 Å². The van der Waals surface area contributed by atoms with Gasteiger partial charge in [-0.25, -0.2) is 8.42 Å². The first-order chi connectivity index (χ1) is 11.4. The molecule has 1 aromatic rings. The highest BCUT2D eigenvalue weighted by Gasteiger charge is 2.30. The Morgan fingerprint density at radius 2 is 1.75 bits per heavy atom. The lowest BCUT2D eigenvalue weighted by Crippen LogP contribution is -2.50. The van der Waals surface area contributed by atoms with Crippen molar-refractivity contribution in [1.29, 1.82) is 0 Å². The van der Waals surface area contributed by atoms with E-state index in [1.54, 1.807) is 30.0 Å². The molecule has 0 aliphatic carbocycles. The quantitative estimate of drug-likeness (QED) is 0.619. The fourth-order valence-corrected chi connectivity index (χ4v) is 4.36. The van der Waals surface area contributed by atoms with E-state index in [2.05, 4.69) is 0 Å². The number of benzene rings is 1. The van der Waals surface area contributed by atoms with Gasteiger partial charge in [-0.1, -0.05) is 30.4 Å². The molecule has 0 bridgehead atoms. The van der Waals surface area contributed by atoms with Gasteiger partial charge in [-0.3, -0.25) is 4.79 Å². The van der Waals surface area contributed by atoms with Gasteiger partial charge in [-0.15, -0.1) is 0 Å². The number of hydrogen-bond donors (Lipinski definition) is 0. The van der Waals surface area contributed by atoms with Crippen LogP contribution in [-0.4, -0.2) is 49.7 Å². The highest BCUT2D eigenvalue weighted by molar-refractivity contribution is 7.89. The Hall–Kier alpha value is -1.92. The maximum Gasteiger partial charge on any atom is 0.246 e. The van der Waals surface area contributed by atoms with Crippen LogP contribution in [0.2, 0.25) is 0 Å². The van der Waals surface area contributed by atoms with Crippen molar-refractivity contribution >= 4 is 15.9 Å². The van der Waals surface area contributed by atoms with Gasteiger partial charge in [-0.05, 0) is 38.0 Å². The van der Waals surface area contributed by atoms with Gasteiger partial charge in [0, 0.05) is 32.3 Å². The Labute approximate surface area is 144 Å². The van der Waals surface area contributed by atoms with Crippen LogP contribution in [-0.2, 0) is 14.8 Å². The molecule has 1 heterocycles. The molecule has 24 heavy (non-hydrogen) atoms. The Balaban J connectivity index is 2.08. The topological polar surface area (TPSA) is 57.7 Å². The summed E-state index contributed by atoms with van der Waals surface area (Å²) in [7, 11) is -3.52. The van der Waals surface area contributed by atoms with E-state index < -0.39 is 10.0 Å². The van der Waals surface area contributed by atoms with Crippen LogP contribution in [0.25, 0.3) is 0 Å². The van der Waals surface area contributed by atoms with Crippen LogP contribution in [0.1, 0.15) is 18.1 Å². The summed E-state index contributed by atoms with van der Waals surface area (Å²) in [6, 6.07) is 5.44. The van der Waals surface area contributed by atoms with E-state index in [4.69, 9.17) is 0 Å². The molecule has 6 heteroatoms. The zero-order valence-corrected chi connectivity index (χ0v) is 15.2. The second-order valence-corrected chi connectivity index (χ2v) is 7.79. The molecule has 1 fully saturated rings. The SMILES string of the molecule is C/C=C/C=C/C(=O)N1CCN(S(=O)(=O)c2cc(C)ccc2C)CC1. The van der Waals surface area contributed by atoms with Crippen molar-refractivity contribution in [3.63, 3.8) is 0 Å². The minimum Gasteiger partial charge on any atom is -0.337 e. The minimum absolute atomic E-state index is 0.0862. The van der Waals surface area contributed by atoms with Crippen LogP contribution in [0.15, 0.2) is 47.4 Å². The largest absolute Gasteiger partial charge is 0.337 e. The molecule has 0 radical (unpaired) electrons. The average Bonchev–Trinajstić information content (AvgIpc) is 2.57. The first-order valence-electron chi connectivity index (χ1n) is 8.02. The van der Waals surface area contributed by atoms with Gasteiger partial charge in [0.1, 0.15) is 0 Å². The maximum atomic E-state index is 12.8. The molecule has 0 spiro atoms. The van der Waals surface area contributed by atoms with Crippen LogP contribution in [0, 0.1) is 13.8 Å². The number of amides is 1. The first-order valence-corrected chi connectivity index (χ1v) is 9.46. The Morgan fingerprint density at radius 3 is 2.38 bits per heavy atom. The monoisotopic (exact) mass is 348 g/mol. The number of piperazine rings is 1. The molecule has 1 aliphatic rings. The van der Waals surface area contributed by atoms with Gasteiger partial charge in [0.05, 0.1) is 4.90 Å². The predicted molar refractivity (Wildman–Crippen MR) is 95.2 cm³/mol. The van der Waals surface area contributed by atoms with Crippen molar-refractivity contribution in [1.82, 2.24) is 9.21 Å². The Kier molecular flexibility index (Phi) is 5.96. The molecule has 130 valence electrons. The summed E-state index contributed by atoms with van der Waals surface area (Å²) in [5, 5.41) is 0. The van der Waals surface area contributed by atoms with Crippen molar-refractivity contribution in [2.45, 2.75) is 25.7 Å². The molecule has 0 saturated carbocycles. The van der Waals surface area contributed by atoms with E-state index in [0.29, 0.717) is 31.1 Å².